The minimum atomic E-state index is 0.731. The number of piperidine rings is 1. The van der Waals surface area contributed by atoms with Crippen LogP contribution in [0.25, 0.3) is 0 Å². The van der Waals surface area contributed by atoms with Crippen LogP contribution in [-0.4, -0.2) is 48.6 Å². The fourth-order valence-electron chi connectivity index (χ4n) is 2.69. The van der Waals surface area contributed by atoms with E-state index in [0.29, 0.717) is 0 Å². The second-order valence-electron chi connectivity index (χ2n) is 5.14. The standard InChI is InChI=1S/C12H24N2S/c1-10-4-3-6-13-12(10)8-14(2)11-5-7-15-9-11/h10-13H,3-9H2,1-2H3. The predicted octanol–water partition coefficient (Wildman–Crippen LogP) is 1.81. The lowest BCUT2D eigenvalue weighted by molar-refractivity contribution is 0.185. The Hall–Kier alpha value is 0.270. The fourth-order valence-corrected chi connectivity index (χ4v) is 3.99. The molecule has 88 valence electrons. The fraction of sp³-hybridized carbons (Fsp3) is 1.00. The second-order valence-corrected chi connectivity index (χ2v) is 6.29. The lowest BCUT2D eigenvalue weighted by Crippen LogP contribution is -2.49. The molecule has 2 rings (SSSR count). The van der Waals surface area contributed by atoms with E-state index in [9.17, 15) is 0 Å². The molecule has 0 radical (unpaired) electrons. The molecule has 0 spiro atoms. The summed E-state index contributed by atoms with van der Waals surface area (Å²) in [6.45, 7) is 4.86. The van der Waals surface area contributed by atoms with Crippen LogP contribution in [0.1, 0.15) is 26.2 Å². The summed E-state index contributed by atoms with van der Waals surface area (Å²) >= 11 is 2.11. The number of nitrogens with zero attached hydrogens (tertiary/aromatic N) is 1. The van der Waals surface area contributed by atoms with E-state index in [0.717, 1.165) is 18.0 Å². The van der Waals surface area contributed by atoms with Crippen molar-refractivity contribution in [2.45, 2.75) is 38.3 Å². The first kappa shape index (κ1) is 11.7. The summed E-state index contributed by atoms with van der Waals surface area (Å²) < 4.78 is 0. The highest BCUT2D eigenvalue weighted by Crippen LogP contribution is 2.23. The van der Waals surface area contributed by atoms with E-state index < -0.39 is 0 Å². The molecule has 2 aliphatic rings. The number of rotatable bonds is 3. The molecule has 0 amide bonds. The zero-order valence-electron chi connectivity index (χ0n) is 10.0. The van der Waals surface area contributed by atoms with Crippen molar-refractivity contribution in [2.24, 2.45) is 5.92 Å². The van der Waals surface area contributed by atoms with Crippen LogP contribution in [0.4, 0.5) is 0 Å². The van der Waals surface area contributed by atoms with Crippen LogP contribution in [0.3, 0.4) is 0 Å². The summed E-state index contributed by atoms with van der Waals surface area (Å²) in [5.74, 6) is 3.57. The minimum Gasteiger partial charge on any atom is -0.312 e. The Labute approximate surface area is 98.2 Å². The molecule has 2 saturated heterocycles. The first-order valence-corrected chi connectivity index (χ1v) is 7.44. The molecule has 2 nitrogen and oxygen atoms in total. The summed E-state index contributed by atoms with van der Waals surface area (Å²) in [4.78, 5) is 2.58. The van der Waals surface area contributed by atoms with Crippen LogP contribution in [0.2, 0.25) is 0 Å². The van der Waals surface area contributed by atoms with E-state index in [2.05, 4.69) is 35.9 Å². The molecule has 0 saturated carbocycles. The van der Waals surface area contributed by atoms with Crippen LogP contribution in [-0.2, 0) is 0 Å². The molecule has 0 aromatic heterocycles. The largest absolute Gasteiger partial charge is 0.312 e. The second kappa shape index (κ2) is 5.55. The normalized spacial score (nSPS) is 37.4. The molecule has 2 fully saturated rings. The molecule has 2 aliphatic heterocycles. The third kappa shape index (κ3) is 3.11. The summed E-state index contributed by atoms with van der Waals surface area (Å²) in [7, 11) is 2.31. The van der Waals surface area contributed by atoms with Gasteiger partial charge in [0.05, 0.1) is 0 Å². The van der Waals surface area contributed by atoms with Gasteiger partial charge in [0, 0.05) is 24.4 Å². The minimum absolute atomic E-state index is 0.731. The number of nitrogens with one attached hydrogen (secondary N) is 1. The summed E-state index contributed by atoms with van der Waals surface area (Å²) in [6.07, 6.45) is 4.16. The topological polar surface area (TPSA) is 15.3 Å². The molecule has 3 atom stereocenters. The highest BCUT2D eigenvalue weighted by molar-refractivity contribution is 7.99. The summed E-state index contributed by atoms with van der Waals surface area (Å²) in [5.41, 5.74) is 0. The SMILES string of the molecule is CC1CCCNC1CN(C)C1CCSC1. The third-order valence-electron chi connectivity index (χ3n) is 3.94. The van der Waals surface area contributed by atoms with Gasteiger partial charge in [-0.15, -0.1) is 0 Å². The predicted molar refractivity (Wildman–Crippen MR) is 68.5 cm³/mol. The van der Waals surface area contributed by atoms with Crippen molar-refractivity contribution in [2.75, 3.05) is 31.6 Å². The highest BCUT2D eigenvalue weighted by atomic mass is 32.2. The monoisotopic (exact) mass is 228 g/mol. The van der Waals surface area contributed by atoms with E-state index in [1.807, 2.05) is 0 Å². The summed E-state index contributed by atoms with van der Waals surface area (Å²) in [5, 5.41) is 3.67. The van der Waals surface area contributed by atoms with Gasteiger partial charge in [-0.1, -0.05) is 6.92 Å². The maximum absolute atomic E-state index is 3.67. The Morgan fingerprint density at radius 3 is 2.93 bits per heavy atom. The molecule has 2 heterocycles. The summed E-state index contributed by atoms with van der Waals surface area (Å²) in [6, 6.07) is 1.57. The smallest absolute Gasteiger partial charge is 0.0220 e. The molecule has 0 aromatic carbocycles. The van der Waals surface area contributed by atoms with Crippen LogP contribution in [0.5, 0.6) is 0 Å². The van der Waals surface area contributed by atoms with Crippen LogP contribution >= 0.6 is 11.8 Å². The Morgan fingerprint density at radius 1 is 1.40 bits per heavy atom. The van der Waals surface area contributed by atoms with Crippen molar-refractivity contribution < 1.29 is 0 Å². The maximum atomic E-state index is 3.67. The Balaban J connectivity index is 1.78. The molecule has 0 aromatic rings. The van der Waals surface area contributed by atoms with Gasteiger partial charge in [0.25, 0.3) is 0 Å². The first-order chi connectivity index (χ1) is 7.27. The van der Waals surface area contributed by atoms with Crippen molar-refractivity contribution in [1.82, 2.24) is 10.2 Å². The van der Waals surface area contributed by atoms with Gasteiger partial charge in [-0.05, 0) is 44.5 Å². The Morgan fingerprint density at radius 2 is 2.27 bits per heavy atom. The Bertz CT molecular complexity index is 192. The zero-order valence-corrected chi connectivity index (χ0v) is 10.9. The van der Waals surface area contributed by atoms with E-state index in [1.54, 1.807) is 0 Å². The number of likely N-dealkylation sites (N-methyl/N-ethyl adjacent to an activating group) is 1. The van der Waals surface area contributed by atoms with Gasteiger partial charge < -0.3 is 10.2 Å². The molecular formula is C12H24N2S. The van der Waals surface area contributed by atoms with Gasteiger partial charge in [0.15, 0.2) is 0 Å². The lowest BCUT2D eigenvalue weighted by Gasteiger charge is -2.35. The first-order valence-electron chi connectivity index (χ1n) is 6.28. The highest BCUT2D eigenvalue weighted by Gasteiger charge is 2.26. The number of thioether (sulfide) groups is 1. The molecule has 3 heteroatoms. The van der Waals surface area contributed by atoms with Crippen molar-refractivity contribution >= 4 is 11.8 Å². The van der Waals surface area contributed by atoms with Gasteiger partial charge in [0.1, 0.15) is 0 Å². The van der Waals surface area contributed by atoms with Crippen molar-refractivity contribution in [3.05, 3.63) is 0 Å². The van der Waals surface area contributed by atoms with Gasteiger partial charge in [-0.3, -0.25) is 0 Å². The zero-order chi connectivity index (χ0) is 10.7. The van der Waals surface area contributed by atoms with Gasteiger partial charge in [0.2, 0.25) is 0 Å². The van der Waals surface area contributed by atoms with Crippen molar-refractivity contribution in [1.29, 1.82) is 0 Å². The van der Waals surface area contributed by atoms with Crippen LogP contribution in [0, 0.1) is 5.92 Å². The quantitative estimate of drug-likeness (QED) is 0.793. The molecule has 0 aliphatic carbocycles. The molecule has 3 unspecified atom stereocenters. The van der Waals surface area contributed by atoms with Gasteiger partial charge in [-0.25, -0.2) is 0 Å². The lowest BCUT2D eigenvalue weighted by atomic mass is 9.92. The average molecular weight is 228 g/mol. The van der Waals surface area contributed by atoms with Crippen molar-refractivity contribution in [3.63, 3.8) is 0 Å². The third-order valence-corrected chi connectivity index (χ3v) is 5.09. The van der Waals surface area contributed by atoms with E-state index >= 15 is 0 Å². The Kier molecular flexibility index (Phi) is 4.35. The maximum Gasteiger partial charge on any atom is 0.0220 e. The van der Waals surface area contributed by atoms with Gasteiger partial charge >= 0.3 is 0 Å². The van der Waals surface area contributed by atoms with Crippen LogP contribution in [0.15, 0.2) is 0 Å². The molecule has 1 N–H and O–H groups in total. The molecule has 0 bridgehead atoms. The number of hydrogen-bond donors (Lipinski definition) is 1. The average Bonchev–Trinajstić information content (AvgIpc) is 2.74. The number of hydrogen-bond acceptors (Lipinski definition) is 3. The van der Waals surface area contributed by atoms with E-state index in [1.165, 1.54) is 43.9 Å². The van der Waals surface area contributed by atoms with E-state index in [-0.39, 0.29) is 0 Å². The van der Waals surface area contributed by atoms with Crippen LogP contribution < -0.4 is 5.32 Å². The molecule has 15 heavy (non-hydrogen) atoms. The molecular weight excluding hydrogens is 204 g/mol. The van der Waals surface area contributed by atoms with Crippen molar-refractivity contribution in [3.8, 4) is 0 Å². The van der Waals surface area contributed by atoms with E-state index in [4.69, 9.17) is 0 Å². The van der Waals surface area contributed by atoms with Gasteiger partial charge in [-0.2, -0.15) is 11.8 Å².